The van der Waals surface area contributed by atoms with Gasteiger partial charge in [0, 0.05) is 25.4 Å². The largest absolute Gasteiger partial charge is 0.348 e. The maximum atomic E-state index is 9.29. The molecular formula is C15H16ClN5. The Hall–Kier alpha value is -2.06. The van der Waals surface area contributed by atoms with Gasteiger partial charge in [-0.2, -0.15) is 10.4 Å². The Labute approximate surface area is 128 Å². The van der Waals surface area contributed by atoms with Crippen molar-refractivity contribution >= 4 is 17.4 Å². The highest BCUT2D eigenvalue weighted by Crippen LogP contribution is 2.40. The number of halogens is 1. The average Bonchev–Trinajstić information content (AvgIpc) is 3.04. The first-order valence-corrected chi connectivity index (χ1v) is 7.32. The predicted octanol–water partition coefficient (Wildman–Crippen LogP) is 2.99. The molecule has 2 aromatic heterocycles. The van der Waals surface area contributed by atoms with E-state index in [2.05, 4.69) is 21.1 Å². The summed E-state index contributed by atoms with van der Waals surface area (Å²) in [6.07, 6.45) is 3.77. The van der Waals surface area contributed by atoms with Crippen molar-refractivity contribution in [2.45, 2.75) is 25.8 Å². The summed E-state index contributed by atoms with van der Waals surface area (Å²) in [5, 5.41) is 14.4. The molecule has 0 radical (unpaired) electrons. The standard InChI is InChI=1S/C15H16ClN5/c1-10-13(14(16)20(2)19-10)12-6-4-8-21(12)15-11(9-17)5-3-7-18-15/h3,5,7,12H,4,6,8H2,1-2H3. The smallest absolute Gasteiger partial charge is 0.146 e. The Kier molecular flexibility index (Phi) is 3.56. The van der Waals surface area contributed by atoms with Crippen LogP contribution in [0.3, 0.4) is 0 Å². The molecule has 0 bridgehead atoms. The third-order valence-electron chi connectivity index (χ3n) is 3.96. The Balaban J connectivity index is 2.06. The molecule has 0 saturated carbocycles. The lowest BCUT2D eigenvalue weighted by atomic mass is 10.1. The minimum absolute atomic E-state index is 0.133. The molecule has 5 nitrogen and oxygen atoms in total. The van der Waals surface area contributed by atoms with Crippen LogP contribution in [0.25, 0.3) is 0 Å². The normalized spacial score (nSPS) is 18.0. The second kappa shape index (κ2) is 5.38. The first kappa shape index (κ1) is 13.9. The number of anilines is 1. The van der Waals surface area contributed by atoms with Crippen LogP contribution in [0.15, 0.2) is 18.3 Å². The van der Waals surface area contributed by atoms with Crippen LogP contribution in [0.4, 0.5) is 5.82 Å². The summed E-state index contributed by atoms with van der Waals surface area (Å²) in [5.41, 5.74) is 2.59. The highest BCUT2D eigenvalue weighted by molar-refractivity contribution is 6.30. The highest BCUT2D eigenvalue weighted by atomic mass is 35.5. The van der Waals surface area contributed by atoms with Crippen molar-refractivity contribution in [2.75, 3.05) is 11.4 Å². The number of pyridine rings is 1. The number of rotatable bonds is 2. The van der Waals surface area contributed by atoms with E-state index in [4.69, 9.17) is 11.6 Å². The second-order valence-electron chi connectivity index (χ2n) is 5.25. The molecule has 21 heavy (non-hydrogen) atoms. The summed E-state index contributed by atoms with van der Waals surface area (Å²) in [4.78, 5) is 6.58. The molecule has 108 valence electrons. The summed E-state index contributed by atoms with van der Waals surface area (Å²) in [6, 6.07) is 5.94. The zero-order chi connectivity index (χ0) is 15.0. The molecule has 2 aromatic rings. The lowest BCUT2D eigenvalue weighted by Gasteiger charge is -2.26. The second-order valence-corrected chi connectivity index (χ2v) is 5.61. The third-order valence-corrected chi connectivity index (χ3v) is 4.41. The molecule has 6 heteroatoms. The van der Waals surface area contributed by atoms with Crippen LogP contribution in [0, 0.1) is 18.3 Å². The number of nitriles is 1. The van der Waals surface area contributed by atoms with Gasteiger partial charge in [0.15, 0.2) is 0 Å². The Morgan fingerprint density at radius 2 is 2.29 bits per heavy atom. The van der Waals surface area contributed by atoms with Gasteiger partial charge in [-0.25, -0.2) is 4.98 Å². The van der Waals surface area contributed by atoms with Crippen molar-refractivity contribution in [3.63, 3.8) is 0 Å². The van der Waals surface area contributed by atoms with E-state index >= 15 is 0 Å². The molecule has 3 heterocycles. The van der Waals surface area contributed by atoms with Gasteiger partial charge >= 0.3 is 0 Å². The summed E-state index contributed by atoms with van der Waals surface area (Å²) in [6.45, 7) is 2.85. The maximum absolute atomic E-state index is 9.29. The molecule has 3 rings (SSSR count). The fourth-order valence-corrected chi connectivity index (χ4v) is 3.36. The third kappa shape index (κ3) is 2.26. The van der Waals surface area contributed by atoms with E-state index in [9.17, 15) is 5.26 Å². The van der Waals surface area contributed by atoms with Gasteiger partial charge in [0.1, 0.15) is 17.0 Å². The van der Waals surface area contributed by atoms with Crippen molar-refractivity contribution in [3.05, 3.63) is 40.3 Å². The van der Waals surface area contributed by atoms with Crippen molar-refractivity contribution in [2.24, 2.45) is 7.05 Å². The Morgan fingerprint density at radius 1 is 1.48 bits per heavy atom. The van der Waals surface area contributed by atoms with E-state index in [1.54, 1.807) is 23.0 Å². The maximum Gasteiger partial charge on any atom is 0.146 e. The SMILES string of the molecule is Cc1nn(C)c(Cl)c1C1CCCN1c1ncccc1C#N. The molecule has 1 saturated heterocycles. The van der Waals surface area contributed by atoms with E-state index in [0.29, 0.717) is 10.7 Å². The van der Waals surface area contributed by atoms with Gasteiger partial charge in [-0.1, -0.05) is 11.6 Å². The first-order chi connectivity index (χ1) is 10.1. The van der Waals surface area contributed by atoms with E-state index in [1.807, 2.05) is 14.0 Å². The van der Waals surface area contributed by atoms with E-state index < -0.39 is 0 Å². The zero-order valence-electron chi connectivity index (χ0n) is 12.0. The molecule has 0 aliphatic carbocycles. The average molecular weight is 302 g/mol. The summed E-state index contributed by atoms with van der Waals surface area (Å²) in [7, 11) is 1.85. The molecule has 0 spiro atoms. The molecule has 0 aromatic carbocycles. The number of aryl methyl sites for hydroxylation is 2. The van der Waals surface area contributed by atoms with Gasteiger partial charge in [0.25, 0.3) is 0 Å². The molecule has 1 aliphatic rings. The summed E-state index contributed by atoms with van der Waals surface area (Å²) >= 11 is 6.41. The van der Waals surface area contributed by atoms with Crippen LogP contribution < -0.4 is 4.90 Å². The molecule has 1 unspecified atom stereocenters. The van der Waals surface area contributed by atoms with Gasteiger partial charge in [0.2, 0.25) is 0 Å². The van der Waals surface area contributed by atoms with Crippen LogP contribution in [-0.2, 0) is 7.05 Å². The fourth-order valence-electron chi connectivity index (χ4n) is 3.06. The summed E-state index contributed by atoms with van der Waals surface area (Å²) in [5.74, 6) is 0.738. The molecule has 1 fully saturated rings. The quantitative estimate of drug-likeness (QED) is 0.855. The van der Waals surface area contributed by atoms with Crippen molar-refractivity contribution in [1.82, 2.24) is 14.8 Å². The number of aromatic nitrogens is 3. The Bertz CT molecular complexity index is 715. The van der Waals surface area contributed by atoms with Gasteiger partial charge in [-0.05, 0) is 31.9 Å². The van der Waals surface area contributed by atoms with E-state index in [1.165, 1.54) is 0 Å². The van der Waals surface area contributed by atoms with Crippen LogP contribution in [0.2, 0.25) is 5.15 Å². The van der Waals surface area contributed by atoms with Gasteiger partial charge < -0.3 is 4.90 Å². The van der Waals surface area contributed by atoms with Crippen LogP contribution in [-0.4, -0.2) is 21.3 Å². The van der Waals surface area contributed by atoms with Crippen LogP contribution in [0.5, 0.6) is 0 Å². The van der Waals surface area contributed by atoms with Crippen molar-refractivity contribution in [3.8, 4) is 6.07 Å². The molecule has 0 amide bonds. The van der Waals surface area contributed by atoms with Gasteiger partial charge in [-0.3, -0.25) is 4.68 Å². The number of hydrogen-bond acceptors (Lipinski definition) is 4. The first-order valence-electron chi connectivity index (χ1n) is 6.94. The number of nitrogens with zero attached hydrogens (tertiary/aromatic N) is 5. The van der Waals surface area contributed by atoms with E-state index in [-0.39, 0.29) is 6.04 Å². The molecular weight excluding hydrogens is 286 g/mol. The highest BCUT2D eigenvalue weighted by Gasteiger charge is 2.32. The molecule has 1 aliphatic heterocycles. The molecule has 1 atom stereocenters. The minimum Gasteiger partial charge on any atom is -0.348 e. The summed E-state index contributed by atoms with van der Waals surface area (Å²) < 4.78 is 1.70. The minimum atomic E-state index is 0.133. The monoisotopic (exact) mass is 301 g/mol. The van der Waals surface area contributed by atoms with Crippen molar-refractivity contribution < 1.29 is 0 Å². The van der Waals surface area contributed by atoms with Crippen molar-refractivity contribution in [1.29, 1.82) is 5.26 Å². The zero-order valence-corrected chi connectivity index (χ0v) is 12.8. The molecule has 0 N–H and O–H groups in total. The lowest BCUT2D eigenvalue weighted by molar-refractivity contribution is 0.705. The van der Waals surface area contributed by atoms with Gasteiger partial charge in [-0.15, -0.1) is 0 Å². The van der Waals surface area contributed by atoms with E-state index in [0.717, 1.165) is 36.5 Å². The van der Waals surface area contributed by atoms with Crippen LogP contribution in [0.1, 0.15) is 35.7 Å². The lowest BCUT2D eigenvalue weighted by Crippen LogP contribution is -2.25. The Morgan fingerprint density at radius 3 is 2.95 bits per heavy atom. The van der Waals surface area contributed by atoms with Crippen LogP contribution >= 0.6 is 11.6 Å². The fraction of sp³-hybridized carbons (Fsp3) is 0.400. The number of hydrogen-bond donors (Lipinski definition) is 0. The predicted molar refractivity (Wildman–Crippen MR) is 81.2 cm³/mol. The van der Waals surface area contributed by atoms with Gasteiger partial charge in [0.05, 0.1) is 17.3 Å². The topological polar surface area (TPSA) is 57.7 Å².